The maximum atomic E-state index is 9.88. The zero-order chi connectivity index (χ0) is 13.9. The van der Waals surface area contributed by atoms with Crippen molar-refractivity contribution >= 4 is 27.3 Å². The number of nitrogens with two attached hydrogens (primary N) is 1. The summed E-state index contributed by atoms with van der Waals surface area (Å²) in [5, 5.41) is 9.88. The van der Waals surface area contributed by atoms with Crippen LogP contribution in [-0.2, 0) is 11.8 Å². The highest BCUT2D eigenvalue weighted by Gasteiger charge is 2.31. The number of benzene rings is 1. The number of aryl methyl sites for hydroxylation is 1. The molecule has 19 heavy (non-hydrogen) atoms. The molecule has 0 aliphatic rings. The third-order valence-electron chi connectivity index (χ3n) is 3.50. The van der Waals surface area contributed by atoms with Crippen LogP contribution in [0.15, 0.2) is 40.2 Å². The smallest absolute Gasteiger partial charge is 0.0701 e. The predicted octanol–water partition coefficient (Wildman–Crippen LogP) is 3.25. The van der Waals surface area contributed by atoms with E-state index in [0.717, 1.165) is 15.8 Å². The molecule has 1 heterocycles. The Morgan fingerprint density at radius 2 is 1.89 bits per heavy atom. The number of hydrogen-bond acceptors (Lipinski definition) is 3. The minimum absolute atomic E-state index is 0.0576. The van der Waals surface area contributed by atoms with Crippen molar-refractivity contribution in [3.63, 3.8) is 0 Å². The molecule has 0 aliphatic heterocycles. The third kappa shape index (κ3) is 3.26. The van der Waals surface area contributed by atoms with Crippen LogP contribution in [0.2, 0.25) is 0 Å². The fourth-order valence-electron chi connectivity index (χ4n) is 2.19. The van der Waals surface area contributed by atoms with E-state index in [0.29, 0.717) is 6.54 Å². The van der Waals surface area contributed by atoms with Crippen molar-refractivity contribution < 1.29 is 5.11 Å². The molecule has 0 fully saturated rings. The maximum absolute atomic E-state index is 9.88. The summed E-state index contributed by atoms with van der Waals surface area (Å²) in [6.07, 6.45) is 0.763. The summed E-state index contributed by atoms with van der Waals surface area (Å²) in [6, 6.07) is 12.4. The second-order valence-corrected chi connectivity index (χ2v) is 7.44. The zero-order valence-corrected chi connectivity index (χ0v) is 13.3. The van der Waals surface area contributed by atoms with Crippen LogP contribution < -0.4 is 5.73 Å². The maximum Gasteiger partial charge on any atom is 0.0701 e. The molecular formula is C15H18BrNOS. The minimum Gasteiger partial charge on any atom is -0.395 e. The van der Waals surface area contributed by atoms with Crippen molar-refractivity contribution in [1.29, 1.82) is 0 Å². The first-order chi connectivity index (χ1) is 9.09. The lowest BCUT2D eigenvalue weighted by molar-refractivity contribution is 0.197. The number of rotatable bonds is 5. The van der Waals surface area contributed by atoms with E-state index in [1.807, 2.05) is 6.07 Å². The van der Waals surface area contributed by atoms with Crippen LogP contribution in [0.5, 0.6) is 0 Å². The molecule has 2 aromatic rings. The minimum atomic E-state index is -0.391. The number of aliphatic hydroxyl groups excluding tert-OH is 1. The average Bonchev–Trinajstić information content (AvgIpc) is 2.82. The van der Waals surface area contributed by atoms with Gasteiger partial charge in [0, 0.05) is 16.8 Å². The SMILES string of the molecule is Cc1ccc(C(CN)(CO)Cc2ccc(Br)s2)cc1. The second kappa shape index (κ2) is 6.18. The Bertz CT molecular complexity index is 531. The molecule has 1 aromatic heterocycles. The van der Waals surface area contributed by atoms with Crippen LogP contribution in [0.3, 0.4) is 0 Å². The van der Waals surface area contributed by atoms with Crippen molar-refractivity contribution in [2.45, 2.75) is 18.8 Å². The molecule has 0 bridgehead atoms. The Labute approximate surface area is 126 Å². The first-order valence-corrected chi connectivity index (χ1v) is 7.83. The molecule has 2 nitrogen and oxygen atoms in total. The Kier molecular flexibility index (Phi) is 4.79. The molecular weight excluding hydrogens is 322 g/mol. The molecule has 0 saturated carbocycles. The van der Waals surface area contributed by atoms with Gasteiger partial charge in [0.2, 0.25) is 0 Å². The number of halogens is 1. The molecule has 1 aromatic carbocycles. The normalized spacial score (nSPS) is 14.3. The van der Waals surface area contributed by atoms with Gasteiger partial charge in [-0.05, 0) is 47.0 Å². The van der Waals surface area contributed by atoms with Crippen LogP contribution in [0, 0.1) is 6.92 Å². The molecule has 0 radical (unpaired) electrons. The highest BCUT2D eigenvalue weighted by atomic mass is 79.9. The second-order valence-electron chi connectivity index (χ2n) is 4.89. The number of thiophene rings is 1. The van der Waals surface area contributed by atoms with Crippen LogP contribution in [0.4, 0.5) is 0 Å². The number of aliphatic hydroxyl groups is 1. The Hall–Kier alpha value is -0.680. The van der Waals surface area contributed by atoms with E-state index >= 15 is 0 Å². The van der Waals surface area contributed by atoms with E-state index in [1.54, 1.807) is 11.3 Å². The van der Waals surface area contributed by atoms with Gasteiger partial charge in [-0.25, -0.2) is 0 Å². The molecule has 3 N–H and O–H groups in total. The summed E-state index contributed by atoms with van der Waals surface area (Å²) in [5.74, 6) is 0. The van der Waals surface area contributed by atoms with Crippen LogP contribution in [0.25, 0.3) is 0 Å². The van der Waals surface area contributed by atoms with Crippen molar-refractivity contribution in [1.82, 2.24) is 0 Å². The Morgan fingerprint density at radius 1 is 1.21 bits per heavy atom. The topological polar surface area (TPSA) is 46.2 Å². The van der Waals surface area contributed by atoms with E-state index in [4.69, 9.17) is 5.73 Å². The number of hydrogen-bond donors (Lipinski definition) is 2. The zero-order valence-electron chi connectivity index (χ0n) is 10.9. The lowest BCUT2D eigenvalue weighted by atomic mass is 9.77. The Balaban J connectivity index is 2.33. The van der Waals surface area contributed by atoms with E-state index in [-0.39, 0.29) is 6.61 Å². The highest BCUT2D eigenvalue weighted by Crippen LogP contribution is 2.32. The quantitative estimate of drug-likeness (QED) is 0.878. The van der Waals surface area contributed by atoms with Gasteiger partial charge in [-0.15, -0.1) is 11.3 Å². The lowest BCUT2D eigenvalue weighted by Crippen LogP contribution is -2.40. The highest BCUT2D eigenvalue weighted by molar-refractivity contribution is 9.11. The van der Waals surface area contributed by atoms with Crippen molar-refractivity contribution in [2.24, 2.45) is 5.73 Å². The summed E-state index contributed by atoms with van der Waals surface area (Å²) >= 11 is 5.17. The fourth-order valence-corrected chi connectivity index (χ4v) is 3.82. The van der Waals surface area contributed by atoms with Gasteiger partial charge in [-0.3, -0.25) is 0 Å². The third-order valence-corrected chi connectivity index (χ3v) is 5.12. The summed E-state index contributed by atoms with van der Waals surface area (Å²) in [7, 11) is 0. The summed E-state index contributed by atoms with van der Waals surface area (Å²) in [5.41, 5.74) is 7.90. The molecule has 0 saturated heterocycles. The van der Waals surface area contributed by atoms with Crippen LogP contribution in [0.1, 0.15) is 16.0 Å². The average molecular weight is 340 g/mol. The molecule has 0 aliphatic carbocycles. The largest absolute Gasteiger partial charge is 0.395 e. The molecule has 102 valence electrons. The fraction of sp³-hybridized carbons (Fsp3) is 0.333. The molecule has 0 spiro atoms. The standard InChI is InChI=1S/C15H18BrNOS/c1-11-2-4-12(5-3-11)15(9-17,10-18)8-13-6-7-14(16)19-13/h2-7,18H,8-10,17H2,1H3. The van der Waals surface area contributed by atoms with E-state index in [1.165, 1.54) is 10.4 Å². The van der Waals surface area contributed by atoms with Gasteiger partial charge in [0.1, 0.15) is 0 Å². The van der Waals surface area contributed by atoms with Crippen LogP contribution >= 0.6 is 27.3 Å². The summed E-state index contributed by atoms with van der Waals surface area (Å²) in [4.78, 5) is 1.23. The summed E-state index contributed by atoms with van der Waals surface area (Å²) < 4.78 is 1.11. The summed E-state index contributed by atoms with van der Waals surface area (Å²) in [6.45, 7) is 2.55. The first-order valence-electron chi connectivity index (χ1n) is 6.22. The van der Waals surface area contributed by atoms with Crippen molar-refractivity contribution in [2.75, 3.05) is 13.2 Å². The molecule has 1 unspecified atom stereocenters. The van der Waals surface area contributed by atoms with Gasteiger partial charge in [0.15, 0.2) is 0 Å². The van der Waals surface area contributed by atoms with Crippen LogP contribution in [-0.4, -0.2) is 18.3 Å². The first kappa shape index (κ1) is 14.7. The van der Waals surface area contributed by atoms with Gasteiger partial charge in [-0.2, -0.15) is 0 Å². The van der Waals surface area contributed by atoms with Gasteiger partial charge >= 0.3 is 0 Å². The van der Waals surface area contributed by atoms with Gasteiger partial charge in [0.25, 0.3) is 0 Å². The molecule has 1 atom stereocenters. The van der Waals surface area contributed by atoms with E-state index in [2.05, 4.69) is 53.2 Å². The van der Waals surface area contributed by atoms with Gasteiger partial charge in [-0.1, -0.05) is 29.8 Å². The van der Waals surface area contributed by atoms with E-state index < -0.39 is 5.41 Å². The molecule has 2 rings (SSSR count). The van der Waals surface area contributed by atoms with Gasteiger partial charge < -0.3 is 10.8 Å². The molecule has 4 heteroatoms. The van der Waals surface area contributed by atoms with Crippen molar-refractivity contribution in [3.05, 3.63) is 56.2 Å². The lowest BCUT2D eigenvalue weighted by Gasteiger charge is -2.31. The van der Waals surface area contributed by atoms with E-state index in [9.17, 15) is 5.11 Å². The predicted molar refractivity (Wildman–Crippen MR) is 84.7 cm³/mol. The Morgan fingerprint density at radius 3 is 2.37 bits per heavy atom. The van der Waals surface area contributed by atoms with Crippen molar-refractivity contribution in [3.8, 4) is 0 Å². The van der Waals surface area contributed by atoms with Gasteiger partial charge in [0.05, 0.1) is 10.4 Å². The monoisotopic (exact) mass is 339 g/mol. The molecule has 0 amide bonds.